The standard InChI is InChI=1S/C10H19N5/c1-4-10(3,5-2)14-8-6-7-12-9(13-8)15-11/h6-7H,4-5,11H2,1-3H3,(H2,12,13,14,15). The van der Waals surface area contributed by atoms with Crippen LogP contribution < -0.4 is 16.6 Å². The molecule has 0 amide bonds. The normalized spacial score (nSPS) is 11.2. The van der Waals surface area contributed by atoms with Crippen molar-refractivity contribution in [2.45, 2.75) is 39.2 Å². The number of hydrogen-bond donors (Lipinski definition) is 3. The Bertz CT molecular complexity index is 308. The Morgan fingerprint density at radius 2 is 2.07 bits per heavy atom. The lowest BCUT2D eigenvalue weighted by molar-refractivity contribution is 0.476. The summed E-state index contributed by atoms with van der Waals surface area (Å²) in [5.41, 5.74) is 2.50. The van der Waals surface area contributed by atoms with E-state index in [2.05, 4.69) is 41.5 Å². The SMILES string of the molecule is CCC(C)(CC)Nc1ccnc(NN)n1. The van der Waals surface area contributed by atoms with Gasteiger partial charge >= 0.3 is 0 Å². The first-order valence-corrected chi connectivity index (χ1v) is 5.21. The molecule has 5 heteroatoms. The first-order valence-electron chi connectivity index (χ1n) is 5.21. The van der Waals surface area contributed by atoms with Crippen molar-refractivity contribution < 1.29 is 0 Å². The van der Waals surface area contributed by atoms with E-state index >= 15 is 0 Å². The van der Waals surface area contributed by atoms with E-state index in [0.717, 1.165) is 18.7 Å². The minimum Gasteiger partial charge on any atom is -0.365 e. The second kappa shape index (κ2) is 4.93. The molecule has 0 aliphatic rings. The molecule has 0 unspecified atom stereocenters. The van der Waals surface area contributed by atoms with E-state index in [1.165, 1.54) is 0 Å². The fourth-order valence-corrected chi connectivity index (χ4v) is 1.23. The zero-order valence-electron chi connectivity index (χ0n) is 9.54. The number of aromatic nitrogens is 2. The molecule has 15 heavy (non-hydrogen) atoms. The van der Waals surface area contributed by atoms with Gasteiger partial charge in [0.25, 0.3) is 0 Å². The van der Waals surface area contributed by atoms with Crippen molar-refractivity contribution >= 4 is 11.8 Å². The molecule has 5 nitrogen and oxygen atoms in total. The molecule has 0 saturated carbocycles. The lowest BCUT2D eigenvalue weighted by Gasteiger charge is -2.28. The van der Waals surface area contributed by atoms with E-state index in [0.29, 0.717) is 5.95 Å². The highest BCUT2D eigenvalue weighted by atomic mass is 15.3. The summed E-state index contributed by atoms with van der Waals surface area (Å²) >= 11 is 0. The number of nitrogens with zero attached hydrogens (tertiary/aromatic N) is 2. The first kappa shape index (κ1) is 11.7. The van der Waals surface area contributed by atoms with Crippen molar-refractivity contribution in [1.82, 2.24) is 9.97 Å². The maximum Gasteiger partial charge on any atom is 0.239 e. The van der Waals surface area contributed by atoms with Crippen LogP contribution in [0.15, 0.2) is 12.3 Å². The highest BCUT2D eigenvalue weighted by Crippen LogP contribution is 2.20. The molecular weight excluding hydrogens is 190 g/mol. The third kappa shape index (κ3) is 3.06. The van der Waals surface area contributed by atoms with Crippen LogP contribution in [0.25, 0.3) is 0 Å². The van der Waals surface area contributed by atoms with Crippen LogP contribution >= 0.6 is 0 Å². The van der Waals surface area contributed by atoms with E-state index in [-0.39, 0.29) is 5.54 Å². The number of hydrazine groups is 1. The molecule has 0 aliphatic heterocycles. The molecule has 0 atom stereocenters. The van der Waals surface area contributed by atoms with Gasteiger partial charge in [-0.1, -0.05) is 13.8 Å². The minimum atomic E-state index is 0.0697. The van der Waals surface area contributed by atoms with Crippen LogP contribution in [-0.4, -0.2) is 15.5 Å². The van der Waals surface area contributed by atoms with Gasteiger partial charge in [0.1, 0.15) is 5.82 Å². The maximum atomic E-state index is 5.24. The molecule has 0 bridgehead atoms. The van der Waals surface area contributed by atoms with Crippen LogP contribution in [-0.2, 0) is 0 Å². The topological polar surface area (TPSA) is 75.9 Å². The largest absolute Gasteiger partial charge is 0.365 e. The van der Waals surface area contributed by atoms with E-state index in [1.54, 1.807) is 6.20 Å². The zero-order valence-corrected chi connectivity index (χ0v) is 9.54. The Labute approximate surface area is 90.5 Å². The van der Waals surface area contributed by atoms with Crippen molar-refractivity contribution in [1.29, 1.82) is 0 Å². The lowest BCUT2D eigenvalue weighted by atomic mass is 9.96. The van der Waals surface area contributed by atoms with Gasteiger partial charge in [0.15, 0.2) is 0 Å². The average molecular weight is 209 g/mol. The summed E-state index contributed by atoms with van der Waals surface area (Å²) in [5.74, 6) is 6.47. The Balaban J connectivity index is 2.79. The van der Waals surface area contributed by atoms with Crippen molar-refractivity contribution in [2.75, 3.05) is 10.7 Å². The molecule has 4 N–H and O–H groups in total. The first-order chi connectivity index (χ1) is 7.13. The molecule has 1 rings (SSSR count). The molecular formula is C10H19N5. The molecule has 0 spiro atoms. The Hall–Kier alpha value is -1.36. The van der Waals surface area contributed by atoms with Crippen LogP contribution in [0, 0.1) is 0 Å². The fraction of sp³-hybridized carbons (Fsp3) is 0.600. The van der Waals surface area contributed by atoms with Gasteiger partial charge in [0.05, 0.1) is 0 Å². The van der Waals surface area contributed by atoms with Crippen molar-refractivity contribution in [3.63, 3.8) is 0 Å². The Kier molecular flexibility index (Phi) is 3.85. The van der Waals surface area contributed by atoms with Crippen LogP contribution in [0.2, 0.25) is 0 Å². The highest BCUT2D eigenvalue weighted by molar-refractivity contribution is 5.41. The molecule has 1 heterocycles. The van der Waals surface area contributed by atoms with E-state index in [4.69, 9.17) is 5.84 Å². The van der Waals surface area contributed by atoms with Gasteiger partial charge in [-0.2, -0.15) is 4.98 Å². The number of rotatable bonds is 5. The van der Waals surface area contributed by atoms with Gasteiger partial charge in [0, 0.05) is 11.7 Å². The summed E-state index contributed by atoms with van der Waals surface area (Å²) in [7, 11) is 0. The molecule has 0 saturated heterocycles. The van der Waals surface area contributed by atoms with E-state index < -0.39 is 0 Å². The lowest BCUT2D eigenvalue weighted by Crippen LogP contribution is -2.33. The second-order valence-corrected chi connectivity index (χ2v) is 3.80. The van der Waals surface area contributed by atoms with Crippen molar-refractivity contribution in [3.05, 3.63) is 12.3 Å². The van der Waals surface area contributed by atoms with Crippen LogP contribution in [0.4, 0.5) is 11.8 Å². The van der Waals surface area contributed by atoms with Gasteiger partial charge in [0.2, 0.25) is 5.95 Å². The number of nitrogens with one attached hydrogen (secondary N) is 2. The quantitative estimate of drug-likeness (QED) is 0.509. The number of nitrogen functional groups attached to an aromatic ring is 1. The number of hydrogen-bond acceptors (Lipinski definition) is 5. The second-order valence-electron chi connectivity index (χ2n) is 3.80. The maximum absolute atomic E-state index is 5.24. The van der Waals surface area contributed by atoms with E-state index in [9.17, 15) is 0 Å². The monoisotopic (exact) mass is 209 g/mol. The van der Waals surface area contributed by atoms with Crippen molar-refractivity contribution in [2.24, 2.45) is 5.84 Å². The summed E-state index contributed by atoms with van der Waals surface area (Å²) in [6.45, 7) is 6.48. The number of nitrogens with two attached hydrogens (primary N) is 1. The molecule has 0 aliphatic carbocycles. The molecule has 1 aromatic heterocycles. The highest BCUT2D eigenvalue weighted by Gasteiger charge is 2.19. The molecule has 1 aromatic rings. The zero-order chi connectivity index (χ0) is 11.3. The van der Waals surface area contributed by atoms with Gasteiger partial charge in [-0.3, -0.25) is 5.43 Å². The summed E-state index contributed by atoms with van der Waals surface area (Å²) in [6.07, 6.45) is 3.76. The fourth-order valence-electron chi connectivity index (χ4n) is 1.23. The van der Waals surface area contributed by atoms with Crippen LogP contribution in [0.5, 0.6) is 0 Å². The summed E-state index contributed by atoms with van der Waals surface area (Å²) < 4.78 is 0. The van der Waals surface area contributed by atoms with Crippen molar-refractivity contribution in [3.8, 4) is 0 Å². The molecule has 84 valence electrons. The number of anilines is 2. The van der Waals surface area contributed by atoms with Gasteiger partial charge < -0.3 is 5.32 Å². The smallest absolute Gasteiger partial charge is 0.239 e. The van der Waals surface area contributed by atoms with Crippen LogP contribution in [0.1, 0.15) is 33.6 Å². The van der Waals surface area contributed by atoms with Gasteiger partial charge in [-0.15, -0.1) is 0 Å². The minimum absolute atomic E-state index is 0.0697. The molecule has 0 radical (unpaired) electrons. The predicted octanol–water partition coefficient (Wildman–Crippen LogP) is 1.75. The van der Waals surface area contributed by atoms with E-state index in [1.807, 2.05) is 6.07 Å². The predicted molar refractivity (Wildman–Crippen MR) is 62.5 cm³/mol. The summed E-state index contributed by atoms with van der Waals surface area (Å²) in [6, 6.07) is 1.84. The Morgan fingerprint density at radius 1 is 1.40 bits per heavy atom. The van der Waals surface area contributed by atoms with Gasteiger partial charge in [-0.05, 0) is 25.8 Å². The molecule has 0 fully saturated rings. The Morgan fingerprint density at radius 3 is 2.60 bits per heavy atom. The van der Waals surface area contributed by atoms with Crippen LogP contribution in [0.3, 0.4) is 0 Å². The third-order valence-corrected chi connectivity index (χ3v) is 2.78. The molecule has 0 aromatic carbocycles. The van der Waals surface area contributed by atoms with Gasteiger partial charge in [-0.25, -0.2) is 10.8 Å². The average Bonchev–Trinajstić information content (AvgIpc) is 2.29. The third-order valence-electron chi connectivity index (χ3n) is 2.78. The summed E-state index contributed by atoms with van der Waals surface area (Å²) in [4.78, 5) is 8.17. The summed E-state index contributed by atoms with van der Waals surface area (Å²) in [5, 5.41) is 3.38.